The van der Waals surface area contributed by atoms with Crippen molar-refractivity contribution in [2.75, 3.05) is 5.43 Å². The number of aromatic nitrogens is 1. The molecule has 1 saturated carbocycles. The van der Waals surface area contributed by atoms with Crippen molar-refractivity contribution in [2.24, 2.45) is 11.8 Å². The summed E-state index contributed by atoms with van der Waals surface area (Å²) in [6.07, 6.45) is 3.59. The van der Waals surface area contributed by atoms with E-state index in [9.17, 15) is 4.79 Å². The van der Waals surface area contributed by atoms with Crippen LogP contribution < -0.4 is 16.6 Å². The van der Waals surface area contributed by atoms with Gasteiger partial charge in [0.15, 0.2) is 0 Å². The Morgan fingerprint density at radius 1 is 1.61 bits per heavy atom. The second-order valence-corrected chi connectivity index (χ2v) is 5.15. The molecule has 2 rings (SSSR count). The van der Waals surface area contributed by atoms with E-state index in [1.807, 2.05) is 6.92 Å². The molecular weight excluding hydrogens is 252 g/mol. The predicted molar refractivity (Wildman–Crippen MR) is 71.3 cm³/mol. The summed E-state index contributed by atoms with van der Waals surface area (Å²) in [4.78, 5) is 15.9. The first-order chi connectivity index (χ1) is 8.58. The number of halogens is 1. The average molecular weight is 269 g/mol. The molecule has 18 heavy (non-hydrogen) atoms. The summed E-state index contributed by atoms with van der Waals surface area (Å²) in [6, 6.07) is 3.28. The van der Waals surface area contributed by atoms with E-state index in [0.29, 0.717) is 11.4 Å². The maximum absolute atomic E-state index is 12.0. The monoisotopic (exact) mass is 268 g/mol. The number of nitrogens with two attached hydrogens (primary N) is 1. The van der Waals surface area contributed by atoms with Crippen molar-refractivity contribution in [1.82, 2.24) is 10.3 Å². The first-order valence-electron chi connectivity index (χ1n) is 6.03. The standard InChI is InChI=1S/C12H17ClN4O/c1-7(4-8-2-3-8)15-12(18)9-5-10(13)16-11(6-9)17-14/h5-8H,2-4,14H2,1H3,(H,15,18)(H,16,17). The van der Waals surface area contributed by atoms with Crippen molar-refractivity contribution in [3.05, 3.63) is 22.8 Å². The number of hydrogen-bond acceptors (Lipinski definition) is 4. The van der Waals surface area contributed by atoms with Gasteiger partial charge in [0.25, 0.3) is 5.91 Å². The molecule has 98 valence electrons. The molecule has 0 radical (unpaired) electrons. The predicted octanol–water partition coefficient (Wildman–Crippen LogP) is 1.94. The quantitative estimate of drug-likeness (QED) is 0.433. The third kappa shape index (κ3) is 3.58. The van der Waals surface area contributed by atoms with Gasteiger partial charge in [0.05, 0.1) is 0 Å². The van der Waals surface area contributed by atoms with Gasteiger partial charge < -0.3 is 10.7 Å². The molecule has 1 aliphatic rings. The second kappa shape index (κ2) is 5.54. The van der Waals surface area contributed by atoms with E-state index in [0.717, 1.165) is 12.3 Å². The lowest BCUT2D eigenvalue weighted by Crippen LogP contribution is -2.33. The highest BCUT2D eigenvalue weighted by atomic mass is 35.5. The molecule has 4 N–H and O–H groups in total. The maximum atomic E-state index is 12.0. The summed E-state index contributed by atoms with van der Waals surface area (Å²) in [5.74, 6) is 6.27. The largest absolute Gasteiger partial charge is 0.350 e. The van der Waals surface area contributed by atoms with Crippen molar-refractivity contribution in [3.8, 4) is 0 Å². The fraction of sp³-hybridized carbons (Fsp3) is 0.500. The summed E-state index contributed by atoms with van der Waals surface area (Å²) >= 11 is 5.82. The number of carbonyl (C=O) groups excluding carboxylic acids is 1. The van der Waals surface area contributed by atoms with Crippen LogP contribution >= 0.6 is 11.6 Å². The third-order valence-electron chi connectivity index (χ3n) is 2.97. The van der Waals surface area contributed by atoms with E-state index >= 15 is 0 Å². The molecule has 5 nitrogen and oxygen atoms in total. The molecule has 0 bridgehead atoms. The van der Waals surface area contributed by atoms with Crippen LogP contribution in [-0.4, -0.2) is 16.9 Å². The number of pyridine rings is 1. The molecule has 0 spiro atoms. The Labute approximate surface area is 111 Å². The Morgan fingerprint density at radius 2 is 2.33 bits per heavy atom. The number of rotatable bonds is 5. The van der Waals surface area contributed by atoms with Crippen LogP contribution in [0.15, 0.2) is 12.1 Å². The topological polar surface area (TPSA) is 80.0 Å². The zero-order valence-electron chi connectivity index (χ0n) is 10.2. The van der Waals surface area contributed by atoms with E-state index < -0.39 is 0 Å². The minimum Gasteiger partial charge on any atom is -0.350 e. The summed E-state index contributed by atoms with van der Waals surface area (Å²) < 4.78 is 0. The van der Waals surface area contributed by atoms with Crippen molar-refractivity contribution in [3.63, 3.8) is 0 Å². The summed E-state index contributed by atoms with van der Waals surface area (Å²) in [6.45, 7) is 2.01. The van der Waals surface area contributed by atoms with E-state index in [1.165, 1.54) is 18.9 Å². The van der Waals surface area contributed by atoms with Gasteiger partial charge in [-0.1, -0.05) is 24.4 Å². The molecule has 0 aromatic carbocycles. The zero-order chi connectivity index (χ0) is 13.1. The maximum Gasteiger partial charge on any atom is 0.251 e. The highest BCUT2D eigenvalue weighted by Crippen LogP contribution is 2.33. The van der Waals surface area contributed by atoms with Crippen LogP contribution in [0.4, 0.5) is 5.82 Å². The summed E-state index contributed by atoms with van der Waals surface area (Å²) in [5.41, 5.74) is 2.85. The van der Waals surface area contributed by atoms with Gasteiger partial charge in [-0.25, -0.2) is 10.8 Å². The third-order valence-corrected chi connectivity index (χ3v) is 3.16. The lowest BCUT2D eigenvalue weighted by atomic mass is 10.1. The number of nitrogens with one attached hydrogen (secondary N) is 2. The Hall–Kier alpha value is -1.33. The minimum absolute atomic E-state index is 0.149. The van der Waals surface area contributed by atoms with Crippen LogP contribution in [0.5, 0.6) is 0 Å². The fourth-order valence-electron chi connectivity index (χ4n) is 1.92. The zero-order valence-corrected chi connectivity index (χ0v) is 11.0. The van der Waals surface area contributed by atoms with Crippen molar-refractivity contribution < 1.29 is 4.79 Å². The Kier molecular flexibility index (Phi) is 4.04. The molecule has 6 heteroatoms. The van der Waals surface area contributed by atoms with E-state index in [4.69, 9.17) is 17.4 Å². The van der Waals surface area contributed by atoms with Crippen molar-refractivity contribution >= 4 is 23.3 Å². The first kappa shape index (κ1) is 13.1. The summed E-state index contributed by atoms with van der Waals surface area (Å²) in [5, 5.41) is 3.19. The smallest absolute Gasteiger partial charge is 0.251 e. The molecule has 1 atom stereocenters. The number of hydrazine groups is 1. The van der Waals surface area contributed by atoms with Crippen LogP contribution in [0.25, 0.3) is 0 Å². The van der Waals surface area contributed by atoms with Gasteiger partial charge in [0.1, 0.15) is 11.0 Å². The van der Waals surface area contributed by atoms with Gasteiger partial charge >= 0.3 is 0 Å². The van der Waals surface area contributed by atoms with Gasteiger partial charge in [-0.05, 0) is 31.4 Å². The van der Waals surface area contributed by atoms with E-state index in [1.54, 1.807) is 6.07 Å². The van der Waals surface area contributed by atoms with Crippen LogP contribution in [0.1, 0.15) is 36.5 Å². The first-order valence-corrected chi connectivity index (χ1v) is 6.41. The molecule has 1 unspecified atom stereocenters. The molecule has 1 aliphatic carbocycles. The number of nitrogen functional groups attached to an aromatic ring is 1. The van der Waals surface area contributed by atoms with E-state index in [2.05, 4.69) is 15.7 Å². The van der Waals surface area contributed by atoms with Gasteiger partial charge in [-0.3, -0.25) is 4.79 Å². The number of hydrogen-bond donors (Lipinski definition) is 3. The van der Waals surface area contributed by atoms with Gasteiger partial charge in [-0.15, -0.1) is 0 Å². The number of amides is 1. The van der Waals surface area contributed by atoms with Gasteiger partial charge in [0, 0.05) is 11.6 Å². The Balaban J connectivity index is 2.00. The number of anilines is 1. The lowest BCUT2D eigenvalue weighted by molar-refractivity contribution is 0.0937. The molecule has 1 fully saturated rings. The SMILES string of the molecule is CC(CC1CC1)NC(=O)c1cc(Cl)nc(NN)c1. The number of carbonyl (C=O) groups is 1. The van der Waals surface area contributed by atoms with Crippen LogP contribution in [0.3, 0.4) is 0 Å². The molecule has 1 amide bonds. The van der Waals surface area contributed by atoms with Crippen molar-refractivity contribution in [2.45, 2.75) is 32.2 Å². The lowest BCUT2D eigenvalue weighted by Gasteiger charge is -2.13. The van der Waals surface area contributed by atoms with Gasteiger partial charge in [-0.2, -0.15) is 0 Å². The normalized spacial score (nSPS) is 16.2. The molecule has 0 aliphatic heterocycles. The summed E-state index contributed by atoms with van der Waals surface area (Å²) in [7, 11) is 0. The van der Waals surface area contributed by atoms with Crippen LogP contribution in [-0.2, 0) is 0 Å². The molecule has 1 heterocycles. The van der Waals surface area contributed by atoms with Crippen molar-refractivity contribution in [1.29, 1.82) is 0 Å². The Morgan fingerprint density at radius 3 is 2.94 bits per heavy atom. The molecule has 0 saturated heterocycles. The second-order valence-electron chi connectivity index (χ2n) is 4.76. The fourth-order valence-corrected chi connectivity index (χ4v) is 2.13. The average Bonchev–Trinajstić information content (AvgIpc) is 3.11. The minimum atomic E-state index is -0.149. The highest BCUT2D eigenvalue weighted by Gasteiger charge is 2.24. The number of nitrogens with zero attached hydrogens (tertiary/aromatic N) is 1. The highest BCUT2D eigenvalue weighted by molar-refractivity contribution is 6.29. The van der Waals surface area contributed by atoms with Crippen LogP contribution in [0, 0.1) is 5.92 Å². The molecule has 1 aromatic rings. The van der Waals surface area contributed by atoms with Gasteiger partial charge in [0.2, 0.25) is 0 Å². The van der Waals surface area contributed by atoms with E-state index in [-0.39, 0.29) is 17.1 Å². The van der Waals surface area contributed by atoms with Crippen LogP contribution in [0.2, 0.25) is 5.15 Å². The molecule has 1 aromatic heterocycles. The molecular formula is C12H17ClN4O. The Bertz CT molecular complexity index is 448.